The predicted octanol–water partition coefficient (Wildman–Crippen LogP) is 2.78. The smallest absolute Gasteiger partial charge is 0.194 e. The van der Waals surface area contributed by atoms with Crippen LogP contribution in [0.4, 0.5) is 0 Å². The highest BCUT2D eigenvalue weighted by atomic mass is 16.7. The monoisotopic (exact) mass is 804 g/mol. The average molecular weight is 805 g/mol. The zero-order valence-electron chi connectivity index (χ0n) is 32.8. The summed E-state index contributed by atoms with van der Waals surface area (Å²) >= 11 is 0. The van der Waals surface area contributed by atoms with E-state index in [9.17, 15) is 39.3 Å². The van der Waals surface area contributed by atoms with Gasteiger partial charge in [0.25, 0.3) is 0 Å². The Labute approximate surface area is 334 Å². The van der Waals surface area contributed by atoms with E-state index < -0.39 is 102 Å². The van der Waals surface area contributed by atoms with Crippen LogP contribution in [0.25, 0.3) is 0 Å². The van der Waals surface area contributed by atoms with Gasteiger partial charge in [-0.25, -0.2) is 0 Å². The lowest BCUT2D eigenvalue weighted by molar-refractivity contribution is -0.292. The number of carbonyl (C=O) groups is 5. The van der Waals surface area contributed by atoms with Gasteiger partial charge in [0.05, 0.1) is 41.7 Å². The number of benzene rings is 1. The zero-order valence-corrected chi connectivity index (χ0v) is 32.8. The fraction of sp³-hybridized carbons (Fsp3) is 0.558. The molecular weight excluding hydrogens is 756 g/mol. The van der Waals surface area contributed by atoms with Crippen LogP contribution < -0.4 is 0 Å². The van der Waals surface area contributed by atoms with Gasteiger partial charge in [-0.1, -0.05) is 12.1 Å². The van der Waals surface area contributed by atoms with E-state index in [1.165, 1.54) is 36.4 Å². The van der Waals surface area contributed by atoms with Crippen molar-refractivity contribution in [2.75, 3.05) is 0 Å². The van der Waals surface area contributed by atoms with Crippen molar-refractivity contribution in [3.8, 4) is 0 Å². The van der Waals surface area contributed by atoms with Gasteiger partial charge in [-0.15, -0.1) is 0 Å². The molecular formula is C43H48O15. The van der Waals surface area contributed by atoms with Crippen LogP contribution in [0.5, 0.6) is 0 Å². The minimum Gasteiger partial charge on any atom is -0.390 e. The number of aliphatic hydroxyl groups is 3. The number of carbonyl (C=O) groups excluding carboxylic acids is 5. The number of ether oxygens (including phenoxy) is 7. The third-order valence-corrected chi connectivity index (χ3v) is 12.3. The molecule has 3 aliphatic carbocycles. The van der Waals surface area contributed by atoms with Crippen LogP contribution in [-0.2, 0) is 47.5 Å². The Balaban J connectivity index is 0.933. The van der Waals surface area contributed by atoms with E-state index in [-0.39, 0.29) is 53.3 Å². The highest BCUT2D eigenvalue weighted by molar-refractivity contribution is 6.31. The molecule has 15 nitrogen and oxygen atoms in total. The zero-order chi connectivity index (χ0) is 41.5. The molecule has 4 heterocycles. The molecule has 0 amide bonds. The van der Waals surface area contributed by atoms with Crippen molar-refractivity contribution in [2.45, 2.75) is 151 Å². The Hall–Kier alpha value is -3.87. The highest BCUT2D eigenvalue weighted by Crippen LogP contribution is 2.52. The second kappa shape index (κ2) is 15.0. The molecule has 0 aromatic heterocycles. The van der Waals surface area contributed by atoms with Gasteiger partial charge in [0.15, 0.2) is 53.4 Å². The average Bonchev–Trinajstić information content (AvgIpc) is 3.16. The van der Waals surface area contributed by atoms with Crippen LogP contribution in [0.2, 0.25) is 0 Å². The molecule has 310 valence electrons. The number of allylic oxidation sites excluding steroid dienone is 2. The maximum atomic E-state index is 14.2. The van der Waals surface area contributed by atoms with Crippen LogP contribution in [0.15, 0.2) is 65.8 Å². The van der Waals surface area contributed by atoms with Crippen molar-refractivity contribution < 1.29 is 72.5 Å². The molecule has 4 aliphatic heterocycles. The van der Waals surface area contributed by atoms with Crippen LogP contribution in [0, 0.1) is 0 Å². The quantitative estimate of drug-likeness (QED) is 0.362. The molecule has 1 saturated carbocycles. The number of ketones is 5. The fourth-order valence-corrected chi connectivity index (χ4v) is 9.19. The SMILES string of the molecule is CC1OC(OC2CCC(O[C@H]3[C@H](C)OC(c4ccc5c(c4)C(=O)C4=C(C5=O)[C@]5(O)C(=O)C[C@@](C)(OC6C=CC(=O)C(C)O6)C[C@@]5(O)C=C4)C[C@@H]3O)OC2C)C=CC1=O. The van der Waals surface area contributed by atoms with E-state index in [1.54, 1.807) is 39.8 Å². The molecule has 58 heavy (non-hydrogen) atoms. The lowest BCUT2D eigenvalue weighted by Gasteiger charge is -2.53. The van der Waals surface area contributed by atoms with Gasteiger partial charge in [0, 0.05) is 42.4 Å². The Morgan fingerprint density at radius 2 is 1.47 bits per heavy atom. The van der Waals surface area contributed by atoms with E-state index in [2.05, 4.69) is 0 Å². The Bertz CT molecular complexity index is 2040. The number of aliphatic hydroxyl groups excluding tert-OH is 1. The molecule has 0 bridgehead atoms. The van der Waals surface area contributed by atoms with E-state index in [0.717, 1.165) is 6.08 Å². The van der Waals surface area contributed by atoms with Gasteiger partial charge in [-0.3, -0.25) is 24.0 Å². The van der Waals surface area contributed by atoms with E-state index in [4.69, 9.17) is 33.2 Å². The van der Waals surface area contributed by atoms with E-state index >= 15 is 0 Å². The molecule has 0 radical (unpaired) electrons. The van der Waals surface area contributed by atoms with Crippen molar-refractivity contribution in [3.05, 3.63) is 82.5 Å². The topological polar surface area (TPSA) is 211 Å². The number of hydrogen-bond donors (Lipinski definition) is 3. The summed E-state index contributed by atoms with van der Waals surface area (Å²) in [7, 11) is 0. The van der Waals surface area contributed by atoms with Gasteiger partial charge in [-0.2, -0.15) is 0 Å². The van der Waals surface area contributed by atoms with Crippen LogP contribution in [0.1, 0.15) is 99.1 Å². The molecule has 3 N–H and O–H groups in total. The minimum absolute atomic E-state index is 0.0296. The molecule has 15 heteroatoms. The Morgan fingerprint density at radius 1 is 0.776 bits per heavy atom. The molecule has 7 aliphatic rings. The summed E-state index contributed by atoms with van der Waals surface area (Å²) in [5.74, 6) is -2.69. The molecule has 2 saturated heterocycles. The standard InChI is InChI=1S/C43H48O15/c1-20-28(44)8-11-34(53-20)56-31-10-13-35(55-22(31)3)57-40-23(4)52-32(17-30(40)46)24-6-7-25-27(16-24)38(48)26-14-15-42(50)19-41(5,58-36-12-9-29(45)21(2)54-36)18-33(47)43(42,51)37(26)39(25)49/h6-9,11-12,14-16,20-23,30-32,34-36,40,46,50-51H,10,13,17-19H2,1-5H3/t20?,21?,22?,23-,30-,31?,32?,34?,35?,36?,40-,41+,42-,43+/m0/s1. The van der Waals surface area contributed by atoms with Crippen molar-refractivity contribution in [1.29, 1.82) is 0 Å². The lowest BCUT2D eigenvalue weighted by Crippen LogP contribution is -2.69. The summed E-state index contributed by atoms with van der Waals surface area (Å²) in [6.45, 7) is 8.42. The first-order chi connectivity index (χ1) is 27.4. The van der Waals surface area contributed by atoms with Crippen LogP contribution in [-0.4, -0.2) is 123 Å². The third-order valence-electron chi connectivity index (χ3n) is 12.3. The van der Waals surface area contributed by atoms with Gasteiger partial charge < -0.3 is 48.5 Å². The third kappa shape index (κ3) is 7.04. The van der Waals surface area contributed by atoms with Gasteiger partial charge >= 0.3 is 0 Å². The van der Waals surface area contributed by atoms with E-state index in [0.29, 0.717) is 18.4 Å². The molecule has 1 aromatic rings. The minimum atomic E-state index is -2.74. The molecule has 0 spiro atoms. The maximum Gasteiger partial charge on any atom is 0.194 e. The Morgan fingerprint density at radius 3 is 2.14 bits per heavy atom. The molecule has 8 unspecified atom stereocenters. The molecule has 8 rings (SSSR count). The molecule has 14 atom stereocenters. The summed E-state index contributed by atoms with van der Waals surface area (Å²) in [5, 5.41) is 35.3. The van der Waals surface area contributed by atoms with Gasteiger partial charge in [0.2, 0.25) is 0 Å². The van der Waals surface area contributed by atoms with Crippen molar-refractivity contribution in [3.63, 3.8) is 0 Å². The second-order valence-electron chi connectivity index (χ2n) is 16.6. The summed E-state index contributed by atoms with van der Waals surface area (Å²) in [4.78, 5) is 65.8. The summed E-state index contributed by atoms with van der Waals surface area (Å²) in [6.07, 6.45) is 1.28. The first-order valence-electron chi connectivity index (χ1n) is 19.8. The first kappa shape index (κ1) is 40.9. The number of fused-ring (bicyclic) bond motifs is 3. The summed E-state index contributed by atoms with van der Waals surface area (Å²) in [5.41, 5.74) is -6.64. The number of hydrogen-bond acceptors (Lipinski definition) is 15. The normalized spacial score (nSPS) is 42.7. The predicted molar refractivity (Wildman–Crippen MR) is 199 cm³/mol. The summed E-state index contributed by atoms with van der Waals surface area (Å²) < 4.78 is 42.0. The highest BCUT2D eigenvalue weighted by Gasteiger charge is 2.67. The largest absolute Gasteiger partial charge is 0.390 e. The molecule has 1 aromatic carbocycles. The van der Waals surface area contributed by atoms with Gasteiger partial charge in [0.1, 0.15) is 23.9 Å². The fourth-order valence-electron chi connectivity index (χ4n) is 9.19. The van der Waals surface area contributed by atoms with Crippen molar-refractivity contribution in [2.24, 2.45) is 0 Å². The van der Waals surface area contributed by atoms with Crippen LogP contribution in [0.3, 0.4) is 0 Å². The second-order valence-corrected chi connectivity index (χ2v) is 16.6. The Kier molecular flexibility index (Phi) is 10.6. The number of Topliss-reactive ketones (excluding diaryl/α,β-unsaturated/α-hetero) is 3. The maximum absolute atomic E-state index is 14.2. The number of rotatable bonds is 7. The van der Waals surface area contributed by atoms with Crippen molar-refractivity contribution in [1.82, 2.24) is 0 Å². The lowest BCUT2D eigenvalue weighted by atomic mass is 9.57. The molecule has 3 fully saturated rings. The van der Waals surface area contributed by atoms with Gasteiger partial charge in [-0.05, 0) is 89.1 Å². The first-order valence-corrected chi connectivity index (χ1v) is 19.8. The van der Waals surface area contributed by atoms with Crippen LogP contribution >= 0.6 is 0 Å². The van der Waals surface area contributed by atoms with E-state index in [1.807, 2.05) is 6.92 Å². The van der Waals surface area contributed by atoms with Crippen molar-refractivity contribution >= 4 is 28.9 Å². The summed E-state index contributed by atoms with van der Waals surface area (Å²) in [6, 6.07) is 4.55.